The molecule has 2 N–H and O–H groups in total. The number of benzene rings is 3. The van der Waals surface area contributed by atoms with Crippen molar-refractivity contribution in [3.05, 3.63) is 88.5 Å². The van der Waals surface area contributed by atoms with Gasteiger partial charge in [0.2, 0.25) is 0 Å². The van der Waals surface area contributed by atoms with Crippen molar-refractivity contribution in [2.45, 2.75) is 37.6 Å². The van der Waals surface area contributed by atoms with Gasteiger partial charge in [-0.2, -0.15) is 0 Å². The van der Waals surface area contributed by atoms with Crippen LogP contribution in [0.5, 0.6) is 5.75 Å². The molecule has 2 aliphatic rings. The Balaban J connectivity index is 1.28. The van der Waals surface area contributed by atoms with Gasteiger partial charge in [0.05, 0.1) is 7.11 Å². The molecule has 0 bridgehead atoms. The molecule has 0 heterocycles. The molecule has 0 radical (unpaired) electrons. The molecule has 0 saturated heterocycles. The number of amides is 1. The van der Waals surface area contributed by atoms with Crippen molar-refractivity contribution in [2.75, 3.05) is 13.7 Å². The summed E-state index contributed by atoms with van der Waals surface area (Å²) in [4.78, 5) is 24.6. The second-order valence-electron chi connectivity index (χ2n) is 8.85. The Morgan fingerprint density at radius 2 is 1.62 bits per heavy atom. The Morgan fingerprint density at radius 3 is 2.24 bits per heavy atom. The van der Waals surface area contributed by atoms with Crippen LogP contribution in [0.2, 0.25) is 0 Å². The lowest BCUT2D eigenvalue weighted by Gasteiger charge is -2.19. The van der Waals surface area contributed by atoms with Gasteiger partial charge in [0.25, 0.3) is 0 Å². The van der Waals surface area contributed by atoms with Gasteiger partial charge < -0.3 is 19.9 Å². The molecular formula is C28H27NO5. The van der Waals surface area contributed by atoms with Gasteiger partial charge in [0.15, 0.2) is 0 Å². The maximum atomic E-state index is 12.6. The number of rotatable bonds is 7. The van der Waals surface area contributed by atoms with Crippen LogP contribution in [-0.4, -0.2) is 36.9 Å². The molecule has 1 atom stereocenters. The number of carboxylic acid groups (broad SMARTS) is 1. The minimum absolute atomic E-state index is 0.0850. The Labute approximate surface area is 198 Å². The molecule has 3 aromatic rings. The number of ether oxygens (including phenoxy) is 2. The van der Waals surface area contributed by atoms with E-state index >= 15 is 0 Å². The predicted molar refractivity (Wildman–Crippen MR) is 128 cm³/mol. The van der Waals surface area contributed by atoms with Gasteiger partial charge >= 0.3 is 12.1 Å². The highest BCUT2D eigenvalue weighted by Crippen LogP contribution is 2.44. The lowest BCUT2D eigenvalue weighted by molar-refractivity contribution is -0.139. The number of aliphatic carboxylic acids is 1. The summed E-state index contributed by atoms with van der Waals surface area (Å²) >= 11 is 0. The zero-order valence-electron chi connectivity index (χ0n) is 19.0. The zero-order chi connectivity index (χ0) is 23.7. The largest absolute Gasteiger partial charge is 0.496 e. The van der Waals surface area contributed by atoms with Crippen LogP contribution in [0, 0.1) is 0 Å². The Morgan fingerprint density at radius 1 is 1.00 bits per heavy atom. The summed E-state index contributed by atoms with van der Waals surface area (Å²) in [5, 5.41) is 12.3. The van der Waals surface area contributed by atoms with E-state index in [4.69, 9.17) is 9.47 Å². The van der Waals surface area contributed by atoms with Crippen molar-refractivity contribution in [1.82, 2.24) is 5.32 Å². The molecular weight excluding hydrogens is 430 g/mol. The summed E-state index contributed by atoms with van der Waals surface area (Å²) in [6.07, 6.45) is 2.45. The average Bonchev–Trinajstić information content (AvgIpc) is 3.43. The first-order valence-electron chi connectivity index (χ1n) is 11.6. The van der Waals surface area contributed by atoms with Crippen molar-refractivity contribution in [3.8, 4) is 16.9 Å². The Hall–Kier alpha value is -3.80. The standard InChI is InChI=1S/C28H27NO5/c1-33-26-15-18-8-6-7-17(18)13-19(26)14-25(27(30)31)29-28(32)34-16-24-22-11-4-2-9-20(22)21-10-3-5-12-23(21)24/h2-5,9-13,15,24-25H,6-8,14,16H2,1H3,(H,29,32)(H,30,31). The number of carboxylic acids is 1. The summed E-state index contributed by atoms with van der Waals surface area (Å²) in [5.41, 5.74) is 7.73. The van der Waals surface area contributed by atoms with E-state index in [0.29, 0.717) is 5.75 Å². The molecule has 174 valence electrons. The van der Waals surface area contributed by atoms with E-state index in [0.717, 1.165) is 47.1 Å². The number of aryl methyl sites for hydroxylation is 2. The predicted octanol–water partition coefficient (Wildman–Crippen LogP) is 4.72. The summed E-state index contributed by atoms with van der Waals surface area (Å²) in [5.74, 6) is -0.546. The normalized spacial score (nSPS) is 14.6. The molecule has 0 aromatic heterocycles. The van der Waals surface area contributed by atoms with Crippen molar-refractivity contribution in [2.24, 2.45) is 0 Å². The second-order valence-corrected chi connectivity index (χ2v) is 8.85. The average molecular weight is 458 g/mol. The van der Waals surface area contributed by atoms with Crippen LogP contribution in [-0.2, 0) is 28.8 Å². The number of hydrogen-bond acceptors (Lipinski definition) is 4. The number of nitrogens with one attached hydrogen (secondary N) is 1. The second kappa shape index (κ2) is 9.21. The first-order valence-corrected chi connectivity index (χ1v) is 11.6. The van der Waals surface area contributed by atoms with E-state index in [2.05, 4.69) is 17.4 Å². The van der Waals surface area contributed by atoms with E-state index < -0.39 is 18.1 Å². The van der Waals surface area contributed by atoms with Crippen LogP contribution in [0.25, 0.3) is 11.1 Å². The fourth-order valence-corrected chi connectivity index (χ4v) is 5.20. The molecule has 6 heteroatoms. The van der Waals surface area contributed by atoms with E-state index in [1.165, 1.54) is 11.1 Å². The Bertz CT molecular complexity index is 1210. The number of carbonyl (C=O) groups is 2. The summed E-state index contributed by atoms with van der Waals surface area (Å²) in [7, 11) is 1.58. The van der Waals surface area contributed by atoms with Crippen LogP contribution in [0.4, 0.5) is 4.79 Å². The third-order valence-corrected chi connectivity index (χ3v) is 6.85. The van der Waals surface area contributed by atoms with Crippen LogP contribution >= 0.6 is 0 Å². The topological polar surface area (TPSA) is 84.9 Å². The van der Waals surface area contributed by atoms with Crippen molar-refractivity contribution < 1.29 is 24.2 Å². The molecule has 5 rings (SSSR count). The summed E-state index contributed by atoms with van der Waals surface area (Å²) in [6, 6.07) is 19.0. The molecule has 0 aliphatic heterocycles. The van der Waals surface area contributed by atoms with Crippen molar-refractivity contribution >= 4 is 12.1 Å². The first kappa shape index (κ1) is 22.0. The van der Waals surface area contributed by atoms with Crippen LogP contribution in [0.3, 0.4) is 0 Å². The number of methoxy groups -OCH3 is 1. The van der Waals surface area contributed by atoms with Gasteiger partial charge in [-0.15, -0.1) is 0 Å². The molecule has 3 aromatic carbocycles. The third kappa shape index (κ3) is 4.12. The first-order chi connectivity index (χ1) is 16.5. The van der Waals surface area contributed by atoms with Crippen LogP contribution in [0.15, 0.2) is 60.7 Å². The van der Waals surface area contributed by atoms with Crippen LogP contribution in [0.1, 0.15) is 40.2 Å². The fourth-order valence-electron chi connectivity index (χ4n) is 5.20. The molecule has 34 heavy (non-hydrogen) atoms. The zero-order valence-corrected chi connectivity index (χ0v) is 19.0. The van der Waals surface area contributed by atoms with Gasteiger partial charge in [0, 0.05) is 12.3 Å². The minimum atomic E-state index is -1.12. The van der Waals surface area contributed by atoms with Gasteiger partial charge in [-0.1, -0.05) is 54.6 Å². The van der Waals surface area contributed by atoms with Gasteiger partial charge in [-0.05, 0) is 64.3 Å². The van der Waals surface area contributed by atoms with Gasteiger partial charge in [0.1, 0.15) is 18.4 Å². The monoisotopic (exact) mass is 457 g/mol. The lowest BCUT2D eigenvalue weighted by atomic mass is 9.98. The number of hydrogen-bond donors (Lipinski definition) is 2. The quantitative estimate of drug-likeness (QED) is 0.536. The summed E-state index contributed by atoms with van der Waals surface area (Å²) in [6.45, 7) is 0.133. The van der Waals surface area contributed by atoms with Gasteiger partial charge in [-0.25, -0.2) is 9.59 Å². The van der Waals surface area contributed by atoms with Crippen LogP contribution < -0.4 is 10.1 Å². The van der Waals surface area contributed by atoms with E-state index in [9.17, 15) is 14.7 Å². The number of fused-ring (bicyclic) bond motifs is 4. The smallest absolute Gasteiger partial charge is 0.407 e. The molecule has 2 aliphatic carbocycles. The maximum Gasteiger partial charge on any atom is 0.407 e. The van der Waals surface area contributed by atoms with Crippen molar-refractivity contribution in [1.29, 1.82) is 0 Å². The highest BCUT2D eigenvalue weighted by atomic mass is 16.5. The molecule has 6 nitrogen and oxygen atoms in total. The fraction of sp³-hybridized carbons (Fsp3) is 0.286. The molecule has 1 amide bonds. The van der Waals surface area contributed by atoms with E-state index in [1.807, 2.05) is 48.5 Å². The SMILES string of the molecule is COc1cc2c(cc1CC(NC(=O)OCC1c3ccccc3-c3ccccc31)C(=O)O)CCC2. The number of alkyl carbamates (subject to hydrolysis) is 1. The lowest BCUT2D eigenvalue weighted by Crippen LogP contribution is -2.43. The minimum Gasteiger partial charge on any atom is -0.496 e. The highest BCUT2D eigenvalue weighted by Gasteiger charge is 2.30. The molecule has 0 fully saturated rings. The molecule has 0 spiro atoms. The molecule has 1 unspecified atom stereocenters. The highest BCUT2D eigenvalue weighted by molar-refractivity contribution is 5.81. The molecule has 0 saturated carbocycles. The third-order valence-electron chi connectivity index (χ3n) is 6.85. The van der Waals surface area contributed by atoms with E-state index in [1.54, 1.807) is 7.11 Å². The Kier molecular flexibility index (Phi) is 5.97. The number of carbonyl (C=O) groups excluding carboxylic acids is 1. The maximum absolute atomic E-state index is 12.6. The van der Waals surface area contributed by atoms with Gasteiger partial charge in [-0.3, -0.25) is 0 Å². The van der Waals surface area contributed by atoms with Crippen molar-refractivity contribution in [3.63, 3.8) is 0 Å². The summed E-state index contributed by atoms with van der Waals surface area (Å²) < 4.78 is 11.0. The van der Waals surface area contributed by atoms with E-state index in [-0.39, 0.29) is 18.9 Å².